The molecule has 0 radical (unpaired) electrons. The third-order valence-electron chi connectivity index (χ3n) is 7.93. The molecule has 41 heavy (non-hydrogen) atoms. The molecule has 2 unspecified atom stereocenters. The van der Waals surface area contributed by atoms with Gasteiger partial charge in [-0.15, -0.1) is 0 Å². The minimum Gasteiger partial charge on any atom is -0.489 e. The van der Waals surface area contributed by atoms with Gasteiger partial charge < -0.3 is 19.7 Å². The number of ether oxygens (including phenoxy) is 2. The Kier molecular flexibility index (Phi) is 12.2. The SMILES string of the molecule is CC(O)CCCCC(CCc1ccccc1OCc1ccc(CN2CCOCC2)cc1)Cc1ccc(C(=O)O)cc1. The van der Waals surface area contributed by atoms with Crippen molar-refractivity contribution in [2.45, 2.75) is 71.1 Å². The number of carboxylic acids is 1. The maximum absolute atomic E-state index is 11.2. The van der Waals surface area contributed by atoms with E-state index in [1.807, 2.05) is 25.1 Å². The molecule has 1 saturated heterocycles. The molecule has 1 aliphatic rings. The Morgan fingerprint density at radius 2 is 1.54 bits per heavy atom. The summed E-state index contributed by atoms with van der Waals surface area (Å²) in [4.78, 5) is 13.7. The highest BCUT2D eigenvalue weighted by atomic mass is 16.5. The number of hydrogen-bond donors (Lipinski definition) is 2. The zero-order valence-electron chi connectivity index (χ0n) is 24.3. The predicted octanol–water partition coefficient (Wildman–Crippen LogP) is 6.53. The number of aliphatic hydroxyl groups excluding tert-OH is 1. The number of carboxylic acid groups (broad SMARTS) is 1. The molecule has 0 aromatic heterocycles. The molecule has 4 rings (SSSR count). The average Bonchev–Trinajstić information content (AvgIpc) is 2.98. The van der Waals surface area contributed by atoms with E-state index in [0.29, 0.717) is 18.1 Å². The van der Waals surface area contributed by atoms with Crippen molar-refractivity contribution in [2.24, 2.45) is 5.92 Å². The predicted molar refractivity (Wildman–Crippen MR) is 162 cm³/mol. The van der Waals surface area contributed by atoms with E-state index in [-0.39, 0.29) is 6.10 Å². The second-order valence-electron chi connectivity index (χ2n) is 11.3. The van der Waals surface area contributed by atoms with Gasteiger partial charge in [-0.3, -0.25) is 4.90 Å². The average molecular weight is 560 g/mol. The first-order valence-electron chi connectivity index (χ1n) is 15.0. The van der Waals surface area contributed by atoms with Gasteiger partial charge in [0.25, 0.3) is 0 Å². The number of benzene rings is 3. The lowest BCUT2D eigenvalue weighted by atomic mass is 9.88. The van der Waals surface area contributed by atoms with Gasteiger partial charge in [0, 0.05) is 19.6 Å². The molecule has 3 aromatic rings. The first-order valence-corrected chi connectivity index (χ1v) is 15.0. The molecule has 0 spiro atoms. The molecule has 1 heterocycles. The van der Waals surface area contributed by atoms with Crippen LogP contribution in [0.1, 0.15) is 71.6 Å². The zero-order valence-corrected chi connectivity index (χ0v) is 24.3. The van der Waals surface area contributed by atoms with Crippen molar-refractivity contribution in [2.75, 3.05) is 26.3 Å². The van der Waals surface area contributed by atoms with Crippen molar-refractivity contribution in [3.8, 4) is 5.75 Å². The Morgan fingerprint density at radius 1 is 0.878 bits per heavy atom. The number of unbranched alkanes of at least 4 members (excludes halogenated alkanes) is 1. The van der Waals surface area contributed by atoms with Crippen LogP contribution in [0.4, 0.5) is 0 Å². The lowest BCUT2D eigenvalue weighted by molar-refractivity contribution is 0.0342. The van der Waals surface area contributed by atoms with Crippen LogP contribution in [0, 0.1) is 5.92 Å². The standard InChI is InChI=1S/C35H45NO5/c1-27(37)6-2-3-7-28(24-29-15-18-33(19-16-29)35(38)39)14-17-32-8-4-5-9-34(32)41-26-31-12-10-30(11-13-31)25-36-20-22-40-23-21-36/h4-5,8-13,15-16,18-19,27-28,37H,2-3,6-7,14,17,20-26H2,1H3,(H,38,39). The topological polar surface area (TPSA) is 79.2 Å². The third kappa shape index (κ3) is 10.6. The van der Waals surface area contributed by atoms with E-state index in [1.165, 1.54) is 11.1 Å². The van der Waals surface area contributed by atoms with Crippen molar-refractivity contribution in [1.82, 2.24) is 4.90 Å². The van der Waals surface area contributed by atoms with E-state index in [9.17, 15) is 15.0 Å². The van der Waals surface area contributed by atoms with Gasteiger partial charge in [-0.05, 0) is 79.0 Å². The van der Waals surface area contributed by atoms with E-state index in [0.717, 1.165) is 94.7 Å². The quantitative estimate of drug-likeness (QED) is 0.194. The third-order valence-corrected chi connectivity index (χ3v) is 7.93. The molecule has 0 saturated carbocycles. The van der Waals surface area contributed by atoms with Crippen molar-refractivity contribution in [3.63, 3.8) is 0 Å². The number of nitrogens with zero attached hydrogens (tertiary/aromatic N) is 1. The number of para-hydroxylation sites is 1. The molecule has 2 atom stereocenters. The highest BCUT2D eigenvalue weighted by Gasteiger charge is 2.14. The summed E-state index contributed by atoms with van der Waals surface area (Å²) in [6, 6.07) is 24.3. The summed E-state index contributed by atoms with van der Waals surface area (Å²) < 4.78 is 11.8. The van der Waals surface area contributed by atoms with Gasteiger partial charge in [-0.1, -0.05) is 73.9 Å². The minimum absolute atomic E-state index is 0.262. The number of morpholine rings is 1. The van der Waals surface area contributed by atoms with Crippen LogP contribution in [0.5, 0.6) is 5.75 Å². The van der Waals surface area contributed by atoms with Crippen LogP contribution in [-0.4, -0.2) is 53.5 Å². The Labute approximate surface area is 244 Å². The summed E-state index contributed by atoms with van der Waals surface area (Å²) in [5.41, 5.74) is 5.17. The number of carbonyl (C=O) groups is 1. The van der Waals surface area contributed by atoms with Crippen LogP contribution in [0.25, 0.3) is 0 Å². The summed E-state index contributed by atoms with van der Waals surface area (Å²) in [6.07, 6.45) is 6.57. The molecule has 3 aromatic carbocycles. The fourth-order valence-corrected chi connectivity index (χ4v) is 5.47. The van der Waals surface area contributed by atoms with Crippen LogP contribution in [0.2, 0.25) is 0 Å². The van der Waals surface area contributed by atoms with Gasteiger partial charge >= 0.3 is 5.97 Å². The smallest absolute Gasteiger partial charge is 0.335 e. The molecule has 6 heteroatoms. The summed E-state index contributed by atoms with van der Waals surface area (Å²) in [5.74, 6) is 0.502. The second-order valence-corrected chi connectivity index (χ2v) is 11.3. The minimum atomic E-state index is -0.897. The van der Waals surface area contributed by atoms with Gasteiger partial charge in [-0.2, -0.15) is 0 Å². The van der Waals surface area contributed by atoms with Crippen molar-refractivity contribution in [3.05, 3.63) is 101 Å². The van der Waals surface area contributed by atoms with Crippen LogP contribution in [-0.2, 0) is 30.7 Å². The summed E-state index contributed by atoms with van der Waals surface area (Å²) >= 11 is 0. The first kappa shape index (κ1) is 30.8. The molecule has 0 amide bonds. The molecule has 2 N–H and O–H groups in total. The Morgan fingerprint density at radius 3 is 2.24 bits per heavy atom. The van der Waals surface area contributed by atoms with Crippen LogP contribution < -0.4 is 4.74 Å². The molecule has 220 valence electrons. The lowest BCUT2D eigenvalue weighted by Gasteiger charge is -2.26. The summed E-state index contributed by atoms with van der Waals surface area (Å²) in [6.45, 7) is 6.94. The van der Waals surface area contributed by atoms with Crippen LogP contribution in [0.3, 0.4) is 0 Å². The largest absolute Gasteiger partial charge is 0.489 e. The highest BCUT2D eigenvalue weighted by molar-refractivity contribution is 5.87. The number of aryl methyl sites for hydroxylation is 1. The molecule has 1 fully saturated rings. The van der Waals surface area contributed by atoms with E-state index in [2.05, 4.69) is 47.4 Å². The van der Waals surface area contributed by atoms with E-state index in [1.54, 1.807) is 12.1 Å². The van der Waals surface area contributed by atoms with Gasteiger partial charge in [0.15, 0.2) is 0 Å². The Hall–Kier alpha value is -3.19. The van der Waals surface area contributed by atoms with E-state index < -0.39 is 5.97 Å². The van der Waals surface area contributed by atoms with Crippen molar-refractivity contribution < 1.29 is 24.5 Å². The number of aliphatic hydroxyl groups is 1. The summed E-state index contributed by atoms with van der Waals surface area (Å²) in [5, 5.41) is 18.9. The van der Waals surface area contributed by atoms with Gasteiger partial charge in [0.05, 0.1) is 24.9 Å². The highest BCUT2D eigenvalue weighted by Crippen LogP contribution is 2.27. The normalized spacial score (nSPS) is 15.4. The van der Waals surface area contributed by atoms with Gasteiger partial charge in [0.2, 0.25) is 0 Å². The monoisotopic (exact) mass is 559 g/mol. The van der Waals surface area contributed by atoms with E-state index in [4.69, 9.17) is 9.47 Å². The Bertz CT molecular complexity index is 1190. The number of rotatable bonds is 16. The fourth-order valence-electron chi connectivity index (χ4n) is 5.47. The Balaban J connectivity index is 1.33. The first-order chi connectivity index (χ1) is 20.0. The maximum atomic E-state index is 11.2. The van der Waals surface area contributed by atoms with Crippen LogP contribution >= 0.6 is 0 Å². The van der Waals surface area contributed by atoms with Crippen molar-refractivity contribution in [1.29, 1.82) is 0 Å². The molecule has 1 aliphatic heterocycles. The van der Waals surface area contributed by atoms with Crippen molar-refractivity contribution >= 4 is 5.97 Å². The fraction of sp³-hybridized carbons (Fsp3) is 0.457. The molecular weight excluding hydrogens is 514 g/mol. The summed E-state index contributed by atoms with van der Waals surface area (Å²) in [7, 11) is 0. The maximum Gasteiger partial charge on any atom is 0.335 e. The zero-order chi connectivity index (χ0) is 28.9. The van der Waals surface area contributed by atoms with Crippen LogP contribution in [0.15, 0.2) is 72.8 Å². The van der Waals surface area contributed by atoms with Gasteiger partial charge in [-0.25, -0.2) is 4.79 Å². The lowest BCUT2D eigenvalue weighted by Crippen LogP contribution is -2.35. The number of aromatic carboxylic acids is 1. The molecule has 0 aliphatic carbocycles. The number of hydrogen-bond acceptors (Lipinski definition) is 5. The van der Waals surface area contributed by atoms with E-state index >= 15 is 0 Å². The van der Waals surface area contributed by atoms with Gasteiger partial charge in [0.1, 0.15) is 12.4 Å². The molecule has 0 bridgehead atoms. The molecule has 6 nitrogen and oxygen atoms in total. The second kappa shape index (κ2) is 16.3. The molecular formula is C35H45NO5.